The highest BCUT2D eigenvalue weighted by Crippen LogP contribution is 2.48. The van der Waals surface area contributed by atoms with Gasteiger partial charge in [0.25, 0.3) is 0 Å². The summed E-state index contributed by atoms with van der Waals surface area (Å²) in [5.41, 5.74) is 3.23. The Bertz CT molecular complexity index is 1640. The van der Waals surface area contributed by atoms with E-state index in [0.717, 1.165) is 64.0 Å². The highest BCUT2D eigenvalue weighted by atomic mass is 35.5. The van der Waals surface area contributed by atoms with Crippen molar-refractivity contribution < 1.29 is 22.3 Å². The van der Waals surface area contributed by atoms with Gasteiger partial charge in [-0.25, -0.2) is 9.37 Å². The third-order valence-electron chi connectivity index (χ3n) is 10.5. The van der Waals surface area contributed by atoms with Crippen LogP contribution in [0.5, 0.6) is 6.01 Å². The van der Waals surface area contributed by atoms with Gasteiger partial charge in [-0.1, -0.05) is 18.0 Å². The number of anilines is 2. The number of nitrogens with two attached hydrogens (primary N) is 1. The van der Waals surface area contributed by atoms with E-state index in [4.69, 9.17) is 27.1 Å². The van der Waals surface area contributed by atoms with Gasteiger partial charge in [-0.3, -0.25) is 0 Å². The number of pyridine rings is 1. The minimum atomic E-state index is -4.82. The molecule has 13 heteroatoms. The highest BCUT2D eigenvalue weighted by Gasteiger charge is 2.47. The van der Waals surface area contributed by atoms with Crippen molar-refractivity contribution in [2.45, 2.75) is 82.6 Å². The summed E-state index contributed by atoms with van der Waals surface area (Å²) in [5.74, 6) is -0.725. The van der Waals surface area contributed by atoms with Crippen LogP contribution in [-0.4, -0.2) is 71.3 Å². The standard InChI is InChI=1S/C32H38ClF4N7O/c1-17-13-23(38)40-28(25(17)32(35,36)37)24-21(33)14-20-27(26(24)34)41-30(42-29(20)44-12-8-18-6-7-19(15-44)39-18)45-16-31-9-3-5-22(31)43(2)11-4-10-31/h13-14,18-19,22,39H,3-12,15-16H2,1-2H3,(H2,38,40). The summed E-state index contributed by atoms with van der Waals surface area (Å²) in [5, 5.41) is 3.74. The van der Waals surface area contributed by atoms with Crippen LogP contribution in [0, 0.1) is 18.2 Å². The van der Waals surface area contributed by atoms with Crippen molar-refractivity contribution in [3.05, 3.63) is 34.1 Å². The second-order valence-electron chi connectivity index (χ2n) is 13.4. The third-order valence-corrected chi connectivity index (χ3v) is 10.8. The molecule has 4 aliphatic rings. The molecule has 242 valence electrons. The second-order valence-corrected chi connectivity index (χ2v) is 13.8. The minimum absolute atomic E-state index is 0.00745. The van der Waals surface area contributed by atoms with Crippen LogP contribution >= 0.6 is 11.6 Å². The summed E-state index contributed by atoms with van der Waals surface area (Å²) in [6.45, 7) is 4.01. The van der Waals surface area contributed by atoms with Crippen LogP contribution in [0.1, 0.15) is 62.5 Å². The fraction of sp³-hybridized carbons (Fsp3) is 0.594. The Hall–Kier alpha value is -2.96. The van der Waals surface area contributed by atoms with E-state index in [-0.39, 0.29) is 39.4 Å². The summed E-state index contributed by atoms with van der Waals surface area (Å²) in [7, 11) is 2.15. The summed E-state index contributed by atoms with van der Waals surface area (Å²) in [6.07, 6.45) is 3.50. The number of hydrogen-bond donors (Lipinski definition) is 2. The average Bonchev–Trinajstić information content (AvgIpc) is 3.54. The molecule has 0 amide bonds. The molecule has 5 heterocycles. The first-order valence-corrected chi connectivity index (χ1v) is 16.2. The van der Waals surface area contributed by atoms with Crippen LogP contribution in [0.3, 0.4) is 0 Å². The van der Waals surface area contributed by atoms with Crippen molar-refractivity contribution in [1.82, 2.24) is 25.2 Å². The molecule has 4 unspecified atom stereocenters. The topological polar surface area (TPSA) is 92.4 Å². The van der Waals surface area contributed by atoms with Crippen LogP contribution < -0.4 is 20.7 Å². The quantitative estimate of drug-likeness (QED) is 0.309. The molecule has 4 atom stereocenters. The summed E-state index contributed by atoms with van der Waals surface area (Å²) in [6, 6.07) is 3.61. The summed E-state index contributed by atoms with van der Waals surface area (Å²) >= 11 is 6.64. The van der Waals surface area contributed by atoms with E-state index < -0.39 is 28.8 Å². The van der Waals surface area contributed by atoms with Crippen molar-refractivity contribution in [2.75, 3.05) is 43.9 Å². The highest BCUT2D eigenvalue weighted by molar-refractivity contribution is 6.34. The first kappa shape index (κ1) is 30.7. The van der Waals surface area contributed by atoms with Crippen molar-refractivity contribution >= 4 is 34.1 Å². The number of benzene rings is 1. The number of rotatable bonds is 5. The van der Waals surface area contributed by atoms with E-state index in [1.165, 1.54) is 13.0 Å². The van der Waals surface area contributed by atoms with Gasteiger partial charge in [-0.15, -0.1) is 0 Å². The Labute approximate surface area is 264 Å². The van der Waals surface area contributed by atoms with Crippen LogP contribution in [0.2, 0.25) is 5.02 Å². The molecule has 4 fully saturated rings. The largest absolute Gasteiger partial charge is 0.463 e. The number of nitrogen functional groups attached to an aromatic ring is 1. The maximum absolute atomic E-state index is 16.7. The molecule has 1 saturated carbocycles. The van der Waals surface area contributed by atoms with Crippen molar-refractivity contribution in [2.24, 2.45) is 5.41 Å². The van der Waals surface area contributed by atoms with E-state index >= 15 is 4.39 Å². The Morgan fingerprint density at radius 2 is 1.84 bits per heavy atom. The molecule has 0 spiro atoms. The molecule has 2 bridgehead atoms. The van der Waals surface area contributed by atoms with Crippen molar-refractivity contribution in [1.29, 1.82) is 0 Å². The van der Waals surface area contributed by atoms with Gasteiger partial charge in [-0.2, -0.15) is 23.1 Å². The lowest BCUT2D eigenvalue weighted by Crippen LogP contribution is -2.50. The Morgan fingerprint density at radius 3 is 2.64 bits per heavy atom. The fourth-order valence-corrected chi connectivity index (χ4v) is 8.72. The minimum Gasteiger partial charge on any atom is -0.463 e. The number of piperidine rings is 1. The first-order valence-electron chi connectivity index (χ1n) is 15.8. The zero-order valence-corrected chi connectivity index (χ0v) is 26.2. The molecule has 3 N–H and O–H groups in total. The number of nitrogens with zero attached hydrogens (tertiary/aromatic N) is 5. The number of halogens is 5. The SMILES string of the molecule is Cc1cc(N)nc(-c2c(Cl)cc3c(N4CCC5CCC(C4)N5)nc(OCC45CCCC4N(C)CCC5)nc3c2F)c1C(F)(F)F. The number of ether oxygens (including phenoxy) is 1. The lowest BCUT2D eigenvalue weighted by Gasteiger charge is -2.44. The number of nitrogens with one attached hydrogen (secondary N) is 1. The van der Waals surface area contributed by atoms with E-state index in [1.807, 2.05) is 0 Å². The van der Waals surface area contributed by atoms with Crippen LogP contribution in [-0.2, 0) is 6.18 Å². The smallest absolute Gasteiger partial charge is 0.418 e. The predicted molar refractivity (Wildman–Crippen MR) is 166 cm³/mol. The van der Waals surface area contributed by atoms with Crippen molar-refractivity contribution in [3.63, 3.8) is 0 Å². The van der Waals surface area contributed by atoms with Gasteiger partial charge in [0.05, 0.1) is 28.5 Å². The van der Waals surface area contributed by atoms with Gasteiger partial charge in [-0.05, 0) is 83.2 Å². The number of likely N-dealkylation sites (tertiary alicyclic amines) is 1. The van der Waals surface area contributed by atoms with Gasteiger partial charge >= 0.3 is 12.2 Å². The number of alkyl halides is 3. The molecule has 7 rings (SSSR count). The van der Waals surface area contributed by atoms with Crippen LogP contribution in [0.25, 0.3) is 22.2 Å². The molecule has 1 aromatic carbocycles. The maximum atomic E-state index is 16.7. The third kappa shape index (κ3) is 5.46. The zero-order valence-electron chi connectivity index (χ0n) is 25.5. The molecule has 2 aromatic heterocycles. The summed E-state index contributed by atoms with van der Waals surface area (Å²) < 4.78 is 66.0. The van der Waals surface area contributed by atoms with Crippen molar-refractivity contribution in [3.8, 4) is 17.3 Å². The Kier molecular flexibility index (Phi) is 7.76. The Morgan fingerprint density at radius 1 is 1.07 bits per heavy atom. The monoisotopic (exact) mass is 647 g/mol. The summed E-state index contributed by atoms with van der Waals surface area (Å²) in [4.78, 5) is 17.8. The molecule has 3 aromatic rings. The van der Waals surface area contributed by atoms with Gasteiger partial charge in [0.15, 0.2) is 5.82 Å². The molecule has 45 heavy (non-hydrogen) atoms. The number of aryl methyl sites for hydroxylation is 1. The number of aromatic nitrogens is 3. The number of hydrogen-bond acceptors (Lipinski definition) is 8. The normalized spacial score (nSPS) is 27.2. The lowest BCUT2D eigenvalue weighted by molar-refractivity contribution is -0.137. The molecule has 1 aliphatic carbocycles. The van der Waals surface area contributed by atoms with Gasteiger partial charge in [0.2, 0.25) is 0 Å². The van der Waals surface area contributed by atoms with Gasteiger partial charge in [0, 0.05) is 42.0 Å². The van der Waals surface area contributed by atoms with E-state index in [2.05, 4.69) is 32.1 Å². The van der Waals surface area contributed by atoms with Crippen LogP contribution in [0.15, 0.2) is 12.1 Å². The second kappa shape index (κ2) is 11.4. The molecule has 8 nitrogen and oxygen atoms in total. The molecule has 3 aliphatic heterocycles. The Balaban J connectivity index is 1.37. The first-order chi connectivity index (χ1) is 21.4. The van der Waals surface area contributed by atoms with E-state index in [9.17, 15) is 13.2 Å². The average molecular weight is 648 g/mol. The predicted octanol–water partition coefficient (Wildman–Crippen LogP) is 6.37. The van der Waals surface area contributed by atoms with Gasteiger partial charge < -0.3 is 25.6 Å². The zero-order chi connectivity index (χ0) is 31.7. The van der Waals surface area contributed by atoms with Crippen LogP contribution in [0.4, 0.5) is 29.2 Å². The number of fused-ring (bicyclic) bond motifs is 4. The van der Waals surface area contributed by atoms with E-state index in [0.29, 0.717) is 43.0 Å². The lowest BCUT2D eigenvalue weighted by atomic mass is 9.76. The fourth-order valence-electron chi connectivity index (χ4n) is 8.44. The molecular formula is C32H38ClF4N7O. The molecule has 0 radical (unpaired) electrons. The molecule has 3 saturated heterocycles. The maximum Gasteiger partial charge on any atom is 0.418 e. The molecular weight excluding hydrogens is 610 g/mol. The van der Waals surface area contributed by atoms with Gasteiger partial charge in [0.1, 0.15) is 17.2 Å². The van der Waals surface area contributed by atoms with E-state index in [1.54, 1.807) is 0 Å².